The summed E-state index contributed by atoms with van der Waals surface area (Å²) in [5.41, 5.74) is 5.14. The molecule has 0 spiro atoms. The lowest BCUT2D eigenvalue weighted by Gasteiger charge is -2.31. The van der Waals surface area contributed by atoms with Crippen LogP contribution in [-0.2, 0) is 13.1 Å². The van der Waals surface area contributed by atoms with Gasteiger partial charge in [0.1, 0.15) is 0 Å². The summed E-state index contributed by atoms with van der Waals surface area (Å²) in [6, 6.07) is 52.4. The Morgan fingerprint density at radius 2 is 1.00 bits per heavy atom. The standard InChI is InChI=1S/C39H36N2/c1-31(41(30-33-18-6-3-7-19-33)39-27-13-23-35-21-9-11-25-37(35)39)15-14-28-40(29-32-16-4-2-5-17-32)38-26-12-22-34-20-8-10-24-36(34)38/h2-27,31H,28-30H2,1H3. The SMILES string of the molecule is CC(C=CCN(Cc1ccccc1)c1cccc2ccccc12)N(Cc1ccccc1)c1cccc2ccccc12. The zero-order chi connectivity index (χ0) is 27.9. The maximum absolute atomic E-state index is 2.52. The first-order chi connectivity index (χ1) is 20.3. The molecule has 6 aromatic rings. The molecule has 0 aliphatic carbocycles. The molecule has 6 aromatic carbocycles. The van der Waals surface area contributed by atoms with Gasteiger partial charge in [0.25, 0.3) is 0 Å². The van der Waals surface area contributed by atoms with Gasteiger partial charge in [0, 0.05) is 47.8 Å². The number of benzene rings is 6. The molecular formula is C39H36N2. The summed E-state index contributed by atoms with van der Waals surface area (Å²) in [5, 5.41) is 5.11. The van der Waals surface area contributed by atoms with Crippen LogP contribution in [0.25, 0.3) is 21.5 Å². The lowest BCUT2D eigenvalue weighted by atomic mass is 10.1. The molecule has 0 fully saturated rings. The molecule has 0 saturated carbocycles. The minimum Gasteiger partial charge on any atom is -0.363 e. The van der Waals surface area contributed by atoms with Gasteiger partial charge < -0.3 is 9.80 Å². The highest BCUT2D eigenvalue weighted by atomic mass is 15.2. The molecule has 1 unspecified atom stereocenters. The second-order valence-corrected chi connectivity index (χ2v) is 10.6. The van der Waals surface area contributed by atoms with E-state index in [0.717, 1.165) is 19.6 Å². The lowest BCUT2D eigenvalue weighted by molar-refractivity contribution is 0.733. The van der Waals surface area contributed by atoms with Crippen LogP contribution < -0.4 is 9.80 Å². The van der Waals surface area contributed by atoms with Gasteiger partial charge in [-0.15, -0.1) is 0 Å². The van der Waals surface area contributed by atoms with Crippen molar-refractivity contribution in [1.82, 2.24) is 0 Å². The van der Waals surface area contributed by atoms with Crippen LogP contribution in [0.5, 0.6) is 0 Å². The Balaban J connectivity index is 1.31. The summed E-state index contributed by atoms with van der Waals surface area (Å²) in [7, 11) is 0. The number of nitrogens with zero attached hydrogens (tertiary/aromatic N) is 2. The summed E-state index contributed by atoms with van der Waals surface area (Å²) in [5.74, 6) is 0. The molecule has 0 heterocycles. The van der Waals surface area contributed by atoms with E-state index in [1.165, 1.54) is 44.0 Å². The van der Waals surface area contributed by atoms with Gasteiger partial charge in [-0.05, 0) is 41.0 Å². The Morgan fingerprint density at radius 3 is 1.63 bits per heavy atom. The van der Waals surface area contributed by atoms with Gasteiger partial charge in [-0.25, -0.2) is 0 Å². The number of hydrogen-bond acceptors (Lipinski definition) is 2. The zero-order valence-corrected chi connectivity index (χ0v) is 23.6. The molecule has 2 heteroatoms. The first kappa shape index (κ1) is 26.4. The van der Waals surface area contributed by atoms with Gasteiger partial charge in [-0.3, -0.25) is 0 Å². The van der Waals surface area contributed by atoms with E-state index in [9.17, 15) is 0 Å². The highest BCUT2D eigenvalue weighted by Crippen LogP contribution is 2.31. The number of fused-ring (bicyclic) bond motifs is 2. The first-order valence-corrected chi connectivity index (χ1v) is 14.5. The number of rotatable bonds is 10. The van der Waals surface area contributed by atoms with Crippen molar-refractivity contribution in [2.45, 2.75) is 26.1 Å². The summed E-state index contributed by atoms with van der Waals surface area (Å²) in [6.45, 7) is 4.82. The van der Waals surface area contributed by atoms with Crippen LogP contribution in [0.15, 0.2) is 158 Å². The molecule has 0 aromatic heterocycles. The van der Waals surface area contributed by atoms with E-state index in [4.69, 9.17) is 0 Å². The highest BCUT2D eigenvalue weighted by Gasteiger charge is 2.16. The number of hydrogen-bond donors (Lipinski definition) is 0. The fourth-order valence-corrected chi connectivity index (χ4v) is 5.71. The molecule has 0 aliphatic rings. The quantitative estimate of drug-likeness (QED) is 0.162. The van der Waals surface area contributed by atoms with E-state index in [1.807, 2.05) is 0 Å². The Morgan fingerprint density at radius 1 is 0.512 bits per heavy atom. The summed E-state index contributed by atoms with van der Waals surface area (Å²) in [6.07, 6.45) is 4.71. The third-order valence-corrected chi connectivity index (χ3v) is 7.83. The smallest absolute Gasteiger partial charge is 0.0453 e. The average Bonchev–Trinajstić information content (AvgIpc) is 3.03. The van der Waals surface area contributed by atoms with E-state index in [2.05, 4.69) is 174 Å². The predicted molar refractivity (Wildman–Crippen MR) is 177 cm³/mol. The summed E-state index contributed by atoms with van der Waals surface area (Å²) in [4.78, 5) is 5.01. The van der Waals surface area contributed by atoms with E-state index in [0.29, 0.717) is 0 Å². The normalized spacial score (nSPS) is 12.1. The fraction of sp³-hybridized carbons (Fsp3) is 0.128. The summed E-state index contributed by atoms with van der Waals surface area (Å²) >= 11 is 0. The molecule has 0 amide bonds. The topological polar surface area (TPSA) is 6.48 Å². The zero-order valence-electron chi connectivity index (χ0n) is 23.6. The molecule has 1 atom stereocenters. The van der Waals surface area contributed by atoms with Crippen LogP contribution in [0.4, 0.5) is 11.4 Å². The van der Waals surface area contributed by atoms with Crippen LogP contribution in [0, 0.1) is 0 Å². The van der Waals surface area contributed by atoms with Gasteiger partial charge in [-0.2, -0.15) is 0 Å². The molecule has 0 N–H and O–H groups in total. The maximum Gasteiger partial charge on any atom is 0.0453 e. The first-order valence-electron chi connectivity index (χ1n) is 14.5. The highest BCUT2D eigenvalue weighted by molar-refractivity contribution is 5.95. The van der Waals surface area contributed by atoms with Crippen LogP contribution >= 0.6 is 0 Å². The van der Waals surface area contributed by atoms with Crippen molar-refractivity contribution in [3.05, 3.63) is 169 Å². The van der Waals surface area contributed by atoms with Crippen LogP contribution in [0.1, 0.15) is 18.1 Å². The molecular weight excluding hydrogens is 496 g/mol. The third-order valence-electron chi connectivity index (χ3n) is 7.83. The van der Waals surface area contributed by atoms with Crippen molar-refractivity contribution in [3.63, 3.8) is 0 Å². The Kier molecular flexibility index (Phi) is 8.10. The van der Waals surface area contributed by atoms with Crippen molar-refractivity contribution < 1.29 is 0 Å². The van der Waals surface area contributed by atoms with Crippen LogP contribution in [0.2, 0.25) is 0 Å². The average molecular weight is 533 g/mol. The molecule has 2 nitrogen and oxygen atoms in total. The minimum atomic E-state index is 0.201. The van der Waals surface area contributed by atoms with Gasteiger partial charge in [0.2, 0.25) is 0 Å². The molecule has 0 aliphatic heterocycles. The number of anilines is 2. The summed E-state index contributed by atoms with van der Waals surface area (Å²) < 4.78 is 0. The second kappa shape index (κ2) is 12.6. The Bertz CT molecular complexity index is 1730. The van der Waals surface area contributed by atoms with E-state index in [1.54, 1.807) is 0 Å². The minimum absolute atomic E-state index is 0.201. The maximum atomic E-state index is 2.52. The lowest BCUT2D eigenvalue weighted by Crippen LogP contribution is -2.31. The second-order valence-electron chi connectivity index (χ2n) is 10.6. The predicted octanol–water partition coefficient (Wildman–Crippen LogP) is 9.65. The fourth-order valence-electron chi connectivity index (χ4n) is 5.71. The van der Waals surface area contributed by atoms with Gasteiger partial charge in [-0.1, -0.05) is 146 Å². The molecule has 0 bridgehead atoms. The van der Waals surface area contributed by atoms with E-state index >= 15 is 0 Å². The van der Waals surface area contributed by atoms with Gasteiger partial charge >= 0.3 is 0 Å². The van der Waals surface area contributed by atoms with Gasteiger partial charge in [0.05, 0.1) is 0 Å². The Hall–Kier alpha value is -4.82. The Labute approximate surface area is 243 Å². The van der Waals surface area contributed by atoms with Crippen molar-refractivity contribution in [2.24, 2.45) is 0 Å². The largest absolute Gasteiger partial charge is 0.363 e. The van der Waals surface area contributed by atoms with Crippen molar-refractivity contribution in [3.8, 4) is 0 Å². The molecule has 0 radical (unpaired) electrons. The van der Waals surface area contributed by atoms with E-state index < -0.39 is 0 Å². The molecule has 6 rings (SSSR count). The van der Waals surface area contributed by atoms with Crippen molar-refractivity contribution in [1.29, 1.82) is 0 Å². The van der Waals surface area contributed by atoms with Crippen molar-refractivity contribution >= 4 is 32.9 Å². The molecule has 41 heavy (non-hydrogen) atoms. The van der Waals surface area contributed by atoms with Crippen LogP contribution in [0.3, 0.4) is 0 Å². The molecule has 0 saturated heterocycles. The van der Waals surface area contributed by atoms with Crippen LogP contribution in [-0.4, -0.2) is 12.6 Å². The third kappa shape index (κ3) is 6.18. The molecule has 202 valence electrons. The van der Waals surface area contributed by atoms with Crippen molar-refractivity contribution in [2.75, 3.05) is 16.3 Å². The van der Waals surface area contributed by atoms with E-state index in [-0.39, 0.29) is 6.04 Å². The monoisotopic (exact) mass is 532 g/mol. The van der Waals surface area contributed by atoms with Gasteiger partial charge in [0.15, 0.2) is 0 Å².